The predicted molar refractivity (Wildman–Crippen MR) is 69.7 cm³/mol. The molecule has 6 nitrogen and oxygen atoms in total. The zero-order valence-electron chi connectivity index (χ0n) is 11.0. The number of nitrogens with zero attached hydrogens (tertiary/aromatic N) is 2. The fraction of sp³-hybridized carbons (Fsp3) is 0.538. The van der Waals surface area contributed by atoms with Crippen LogP contribution in [0.4, 0.5) is 4.79 Å². The first-order valence-electron chi connectivity index (χ1n) is 6.33. The Balaban J connectivity index is 1.73. The Kier molecular flexibility index (Phi) is 4.70. The van der Waals surface area contributed by atoms with Crippen LogP contribution in [0.3, 0.4) is 0 Å². The molecule has 0 radical (unpaired) electrons. The van der Waals surface area contributed by atoms with Crippen LogP contribution in [0.1, 0.15) is 5.56 Å². The van der Waals surface area contributed by atoms with Gasteiger partial charge in [0, 0.05) is 26.0 Å². The summed E-state index contributed by atoms with van der Waals surface area (Å²) in [4.78, 5) is 17.4. The fourth-order valence-electron chi connectivity index (χ4n) is 2.13. The first-order chi connectivity index (χ1) is 9.20. The molecule has 1 fully saturated rings. The number of amides is 2. The highest BCUT2D eigenvalue weighted by Gasteiger charge is 2.33. The lowest BCUT2D eigenvalue weighted by molar-refractivity contribution is 0.0215. The Bertz CT molecular complexity index is 413. The number of aromatic nitrogens is 1. The second kappa shape index (κ2) is 6.49. The highest BCUT2D eigenvalue weighted by molar-refractivity contribution is 5.74. The molecule has 104 valence electrons. The first kappa shape index (κ1) is 13.8. The van der Waals surface area contributed by atoms with Gasteiger partial charge in [0.05, 0.1) is 19.2 Å². The zero-order valence-corrected chi connectivity index (χ0v) is 11.0. The van der Waals surface area contributed by atoms with Crippen molar-refractivity contribution in [2.75, 3.05) is 26.7 Å². The van der Waals surface area contributed by atoms with E-state index in [4.69, 9.17) is 4.74 Å². The minimum absolute atomic E-state index is 0.160. The molecule has 0 saturated carbocycles. The number of β-amino-alcohol motifs (C(OH)–C–C–N with tert-alkyl or cyclic N) is 1. The smallest absolute Gasteiger partial charge is 0.317 e. The number of urea groups is 1. The van der Waals surface area contributed by atoms with Crippen LogP contribution in [0.2, 0.25) is 0 Å². The lowest BCUT2D eigenvalue weighted by Gasteiger charge is -2.16. The van der Waals surface area contributed by atoms with Crippen molar-refractivity contribution >= 4 is 6.03 Å². The Morgan fingerprint density at radius 2 is 2.26 bits per heavy atom. The quantitative estimate of drug-likeness (QED) is 0.805. The molecule has 1 saturated heterocycles. The number of likely N-dealkylation sites (tertiary alicyclic amines) is 1. The molecule has 1 aromatic rings. The molecular formula is C13H19N3O3. The summed E-state index contributed by atoms with van der Waals surface area (Å²) >= 11 is 0. The molecule has 0 aromatic carbocycles. The maximum absolute atomic E-state index is 11.9. The summed E-state index contributed by atoms with van der Waals surface area (Å²) < 4.78 is 5.10. The van der Waals surface area contributed by atoms with Gasteiger partial charge in [-0.05, 0) is 24.1 Å². The highest BCUT2D eigenvalue weighted by atomic mass is 16.5. The monoisotopic (exact) mass is 265 g/mol. The summed E-state index contributed by atoms with van der Waals surface area (Å²) in [6.07, 6.45) is 3.34. The van der Waals surface area contributed by atoms with Gasteiger partial charge >= 0.3 is 6.03 Å². The van der Waals surface area contributed by atoms with E-state index in [1.54, 1.807) is 24.4 Å². The average molecular weight is 265 g/mol. The lowest BCUT2D eigenvalue weighted by Crippen LogP contribution is -2.40. The Labute approximate surface area is 112 Å². The molecule has 1 aliphatic rings. The van der Waals surface area contributed by atoms with Gasteiger partial charge in [-0.1, -0.05) is 0 Å². The third-order valence-electron chi connectivity index (χ3n) is 3.27. The van der Waals surface area contributed by atoms with E-state index in [2.05, 4.69) is 10.3 Å². The molecular weight excluding hydrogens is 246 g/mol. The van der Waals surface area contributed by atoms with Gasteiger partial charge in [-0.3, -0.25) is 4.98 Å². The summed E-state index contributed by atoms with van der Waals surface area (Å²) in [5, 5.41) is 12.5. The molecule has 0 bridgehead atoms. The van der Waals surface area contributed by atoms with Crippen molar-refractivity contribution in [1.29, 1.82) is 0 Å². The Morgan fingerprint density at radius 1 is 1.53 bits per heavy atom. The molecule has 19 heavy (non-hydrogen) atoms. The number of carbonyl (C=O) groups is 1. The third kappa shape index (κ3) is 3.65. The van der Waals surface area contributed by atoms with Gasteiger partial charge < -0.3 is 20.1 Å². The van der Waals surface area contributed by atoms with Crippen molar-refractivity contribution in [2.24, 2.45) is 0 Å². The van der Waals surface area contributed by atoms with E-state index in [-0.39, 0.29) is 12.1 Å². The van der Waals surface area contributed by atoms with Crippen LogP contribution in [0.25, 0.3) is 0 Å². The molecule has 1 aliphatic heterocycles. The molecule has 2 heterocycles. The summed E-state index contributed by atoms with van der Waals surface area (Å²) in [7, 11) is 1.54. The number of rotatable bonds is 4. The Hall–Kier alpha value is -1.66. The number of hydrogen-bond donors (Lipinski definition) is 2. The molecule has 6 heteroatoms. The number of aliphatic hydroxyl groups is 1. The topological polar surface area (TPSA) is 74.7 Å². The molecule has 2 atom stereocenters. The van der Waals surface area contributed by atoms with Gasteiger partial charge in [0.1, 0.15) is 6.10 Å². The number of aliphatic hydroxyl groups excluding tert-OH is 1. The van der Waals surface area contributed by atoms with Gasteiger partial charge in [0.25, 0.3) is 0 Å². The molecule has 2 amide bonds. The fourth-order valence-corrected chi connectivity index (χ4v) is 2.13. The van der Waals surface area contributed by atoms with E-state index in [1.807, 2.05) is 12.1 Å². The van der Waals surface area contributed by atoms with Crippen molar-refractivity contribution < 1.29 is 14.6 Å². The van der Waals surface area contributed by atoms with Crippen molar-refractivity contribution in [3.05, 3.63) is 30.1 Å². The first-order valence-corrected chi connectivity index (χ1v) is 6.33. The number of carbonyl (C=O) groups excluding carboxylic acids is 1. The van der Waals surface area contributed by atoms with Crippen LogP contribution in [-0.2, 0) is 11.2 Å². The summed E-state index contributed by atoms with van der Waals surface area (Å²) in [6, 6.07) is 3.69. The van der Waals surface area contributed by atoms with E-state index in [9.17, 15) is 9.90 Å². The summed E-state index contributed by atoms with van der Waals surface area (Å²) in [5.41, 5.74) is 1.13. The van der Waals surface area contributed by atoms with Crippen LogP contribution < -0.4 is 5.32 Å². The van der Waals surface area contributed by atoms with E-state index in [1.165, 1.54) is 0 Å². The van der Waals surface area contributed by atoms with Gasteiger partial charge in [0.2, 0.25) is 0 Å². The number of nitrogens with one attached hydrogen (secondary N) is 1. The number of pyridine rings is 1. The molecule has 1 aromatic heterocycles. The van der Waals surface area contributed by atoms with Gasteiger partial charge in [-0.15, -0.1) is 0 Å². The average Bonchev–Trinajstić information content (AvgIpc) is 2.81. The van der Waals surface area contributed by atoms with Gasteiger partial charge in [0.15, 0.2) is 0 Å². The van der Waals surface area contributed by atoms with Crippen LogP contribution in [0, 0.1) is 0 Å². The Morgan fingerprint density at radius 3 is 2.89 bits per heavy atom. The molecule has 0 unspecified atom stereocenters. The molecule has 0 spiro atoms. The molecule has 2 N–H and O–H groups in total. The van der Waals surface area contributed by atoms with Crippen molar-refractivity contribution in [3.63, 3.8) is 0 Å². The maximum atomic E-state index is 11.9. The second-order valence-electron chi connectivity index (χ2n) is 4.58. The third-order valence-corrected chi connectivity index (χ3v) is 3.27. The van der Waals surface area contributed by atoms with E-state index in [0.717, 1.165) is 12.0 Å². The largest absolute Gasteiger partial charge is 0.388 e. The highest BCUT2D eigenvalue weighted by Crippen LogP contribution is 2.12. The number of methoxy groups -OCH3 is 1. The summed E-state index contributed by atoms with van der Waals surface area (Å²) in [5.74, 6) is 0. The molecule has 0 aliphatic carbocycles. The van der Waals surface area contributed by atoms with Crippen molar-refractivity contribution in [1.82, 2.24) is 15.2 Å². The molecule has 2 rings (SSSR count). The zero-order chi connectivity index (χ0) is 13.7. The van der Waals surface area contributed by atoms with Gasteiger partial charge in [-0.25, -0.2) is 4.79 Å². The van der Waals surface area contributed by atoms with Crippen LogP contribution in [-0.4, -0.2) is 60.0 Å². The maximum Gasteiger partial charge on any atom is 0.317 e. The SMILES string of the molecule is CO[C@H]1CN(C(=O)NCCc2ccncc2)C[C@@H]1O. The normalized spacial score (nSPS) is 22.5. The minimum Gasteiger partial charge on any atom is -0.388 e. The standard InChI is InChI=1S/C13H19N3O3/c1-19-12-9-16(8-11(12)17)13(18)15-7-4-10-2-5-14-6-3-10/h2-3,5-6,11-12,17H,4,7-9H2,1H3,(H,15,18)/t11-,12-/m0/s1. The van der Waals surface area contributed by atoms with Crippen molar-refractivity contribution in [3.8, 4) is 0 Å². The predicted octanol–water partition coefficient (Wildman–Crippen LogP) is 0.0252. The number of ether oxygens (including phenoxy) is 1. The van der Waals surface area contributed by atoms with E-state index >= 15 is 0 Å². The van der Waals surface area contributed by atoms with Crippen LogP contribution in [0.15, 0.2) is 24.5 Å². The van der Waals surface area contributed by atoms with Crippen molar-refractivity contribution in [2.45, 2.75) is 18.6 Å². The van der Waals surface area contributed by atoms with Crippen LogP contribution in [0.5, 0.6) is 0 Å². The van der Waals surface area contributed by atoms with Gasteiger partial charge in [-0.2, -0.15) is 0 Å². The second-order valence-corrected chi connectivity index (χ2v) is 4.58. The number of hydrogen-bond acceptors (Lipinski definition) is 4. The summed E-state index contributed by atoms with van der Waals surface area (Å²) in [6.45, 7) is 1.31. The van der Waals surface area contributed by atoms with E-state index in [0.29, 0.717) is 19.6 Å². The van der Waals surface area contributed by atoms with Crippen LogP contribution >= 0.6 is 0 Å². The minimum atomic E-state index is -0.601. The lowest BCUT2D eigenvalue weighted by atomic mass is 10.2. The van der Waals surface area contributed by atoms with E-state index < -0.39 is 6.10 Å².